The summed E-state index contributed by atoms with van der Waals surface area (Å²) in [7, 11) is 0. The number of rotatable bonds is 42. The average molecular weight is 809 g/mol. The van der Waals surface area contributed by atoms with Gasteiger partial charge in [0.25, 0.3) is 0 Å². The Hall–Kier alpha value is -3.15. The third kappa shape index (κ3) is 44.0. The van der Waals surface area contributed by atoms with Gasteiger partial charge in [-0.3, -0.25) is 14.4 Å². The molecule has 0 aromatic heterocycles. The summed E-state index contributed by atoms with van der Waals surface area (Å²) in [6, 6.07) is 0. The van der Waals surface area contributed by atoms with Crippen molar-refractivity contribution >= 4 is 17.9 Å². The van der Waals surface area contributed by atoms with E-state index in [9.17, 15) is 14.4 Å². The molecule has 0 fully saturated rings. The molecule has 0 saturated carbocycles. The van der Waals surface area contributed by atoms with Crippen LogP contribution in [0.5, 0.6) is 0 Å². The van der Waals surface area contributed by atoms with Crippen LogP contribution in [0, 0.1) is 0 Å². The number of carbonyl (C=O) groups is 3. The van der Waals surface area contributed by atoms with E-state index in [1.54, 1.807) is 0 Å². The van der Waals surface area contributed by atoms with Crippen LogP contribution in [0.2, 0.25) is 0 Å². The van der Waals surface area contributed by atoms with Gasteiger partial charge in [0.1, 0.15) is 13.2 Å². The Morgan fingerprint density at radius 3 is 1.12 bits per heavy atom. The largest absolute Gasteiger partial charge is 0.462 e. The van der Waals surface area contributed by atoms with Gasteiger partial charge < -0.3 is 14.2 Å². The topological polar surface area (TPSA) is 78.9 Å². The number of hydrogen-bond acceptors (Lipinski definition) is 6. The van der Waals surface area contributed by atoms with Crippen molar-refractivity contribution in [2.45, 2.75) is 226 Å². The van der Waals surface area contributed by atoms with E-state index in [1.165, 1.54) is 57.8 Å². The Morgan fingerprint density at radius 2 is 0.707 bits per heavy atom. The molecular weight excluding hydrogens is 721 g/mol. The Morgan fingerprint density at radius 1 is 0.362 bits per heavy atom. The minimum Gasteiger partial charge on any atom is -0.462 e. The Balaban J connectivity index is 4.24. The SMILES string of the molecule is CC/C=C\C/C=C\C/C=C\C/C=C\CCCCCCCCCCC(=O)OCC(COC(=O)CCCCCCCC)OC(=O)CCCCCCC/C=C\C/C=C\CCC. The zero-order chi connectivity index (χ0) is 42.3. The monoisotopic (exact) mass is 809 g/mol. The second-order valence-electron chi connectivity index (χ2n) is 15.6. The summed E-state index contributed by atoms with van der Waals surface area (Å²) in [5.41, 5.74) is 0. The fourth-order valence-electron chi connectivity index (χ4n) is 6.35. The molecule has 0 aliphatic heterocycles. The lowest BCUT2D eigenvalue weighted by atomic mass is 10.1. The maximum atomic E-state index is 12.7. The zero-order valence-corrected chi connectivity index (χ0v) is 37.8. The Bertz CT molecular complexity index is 1110. The summed E-state index contributed by atoms with van der Waals surface area (Å²) >= 11 is 0. The van der Waals surface area contributed by atoms with Crippen LogP contribution in [0.1, 0.15) is 220 Å². The van der Waals surface area contributed by atoms with Crippen molar-refractivity contribution in [3.63, 3.8) is 0 Å². The fraction of sp³-hybridized carbons (Fsp3) is 0.712. The van der Waals surface area contributed by atoms with E-state index in [2.05, 4.69) is 93.7 Å². The van der Waals surface area contributed by atoms with Gasteiger partial charge >= 0.3 is 17.9 Å². The van der Waals surface area contributed by atoms with Crippen LogP contribution < -0.4 is 0 Å². The lowest BCUT2D eigenvalue weighted by Gasteiger charge is -2.18. The van der Waals surface area contributed by atoms with Crippen molar-refractivity contribution in [3.8, 4) is 0 Å². The van der Waals surface area contributed by atoms with Crippen molar-refractivity contribution < 1.29 is 28.6 Å². The number of hydrogen-bond donors (Lipinski definition) is 0. The van der Waals surface area contributed by atoms with Gasteiger partial charge in [0.05, 0.1) is 0 Å². The van der Waals surface area contributed by atoms with Crippen LogP contribution in [0.4, 0.5) is 0 Å². The van der Waals surface area contributed by atoms with E-state index in [0.717, 1.165) is 122 Å². The smallest absolute Gasteiger partial charge is 0.306 e. The van der Waals surface area contributed by atoms with Crippen molar-refractivity contribution in [2.24, 2.45) is 0 Å². The molecule has 0 rings (SSSR count). The summed E-state index contributed by atoms with van der Waals surface area (Å²) in [6.45, 7) is 6.37. The van der Waals surface area contributed by atoms with Gasteiger partial charge in [0.15, 0.2) is 6.10 Å². The van der Waals surface area contributed by atoms with E-state index in [1.807, 2.05) is 0 Å². The molecule has 0 N–H and O–H groups in total. The van der Waals surface area contributed by atoms with Gasteiger partial charge in [-0.15, -0.1) is 0 Å². The molecule has 0 radical (unpaired) electrons. The van der Waals surface area contributed by atoms with Crippen molar-refractivity contribution in [1.29, 1.82) is 0 Å². The van der Waals surface area contributed by atoms with Gasteiger partial charge in [-0.05, 0) is 83.5 Å². The minimum absolute atomic E-state index is 0.0843. The first-order chi connectivity index (χ1) is 28.5. The molecule has 0 saturated heterocycles. The van der Waals surface area contributed by atoms with Crippen molar-refractivity contribution in [1.82, 2.24) is 0 Å². The second kappa shape index (κ2) is 46.5. The summed E-state index contributed by atoms with van der Waals surface area (Å²) in [6.07, 6.45) is 57.6. The second-order valence-corrected chi connectivity index (χ2v) is 15.6. The molecule has 332 valence electrons. The number of unbranched alkanes of at least 4 members (excludes halogenated alkanes) is 19. The molecule has 0 bridgehead atoms. The molecule has 1 unspecified atom stereocenters. The van der Waals surface area contributed by atoms with E-state index in [0.29, 0.717) is 19.3 Å². The van der Waals surface area contributed by atoms with Gasteiger partial charge in [-0.2, -0.15) is 0 Å². The first kappa shape index (κ1) is 54.9. The van der Waals surface area contributed by atoms with Crippen LogP contribution in [-0.2, 0) is 28.6 Å². The molecule has 0 aliphatic carbocycles. The van der Waals surface area contributed by atoms with Crippen LogP contribution >= 0.6 is 0 Å². The highest BCUT2D eigenvalue weighted by Crippen LogP contribution is 2.14. The van der Waals surface area contributed by atoms with Gasteiger partial charge in [0, 0.05) is 19.3 Å². The zero-order valence-electron chi connectivity index (χ0n) is 37.8. The predicted octanol–water partition coefficient (Wildman–Crippen LogP) is 15.5. The summed E-state index contributed by atoms with van der Waals surface area (Å²) < 4.78 is 16.6. The first-order valence-corrected chi connectivity index (χ1v) is 23.9. The molecule has 1 atom stereocenters. The predicted molar refractivity (Wildman–Crippen MR) is 247 cm³/mol. The lowest BCUT2D eigenvalue weighted by molar-refractivity contribution is -0.167. The Kier molecular flexibility index (Phi) is 44.0. The third-order valence-electron chi connectivity index (χ3n) is 9.93. The quantitative estimate of drug-likeness (QED) is 0.0264. The lowest BCUT2D eigenvalue weighted by Crippen LogP contribution is -2.30. The van der Waals surface area contributed by atoms with Crippen LogP contribution in [0.3, 0.4) is 0 Å². The highest BCUT2D eigenvalue weighted by Gasteiger charge is 2.19. The maximum absolute atomic E-state index is 12.7. The molecule has 0 aromatic carbocycles. The summed E-state index contributed by atoms with van der Waals surface area (Å²) in [5, 5.41) is 0. The van der Waals surface area contributed by atoms with Crippen molar-refractivity contribution in [3.05, 3.63) is 72.9 Å². The fourth-order valence-corrected chi connectivity index (χ4v) is 6.35. The Labute approximate surface area is 357 Å². The number of allylic oxidation sites excluding steroid dienone is 12. The molecule has 0 spiro atoms. The van der Waals surface area contributed by atoms with Gasteiger partial charge in [0.2, 0.25) is 0 Å². The molecule has 0 aliphatic rings. The van der Waals surface area contributed by atoms with E-state index in [-0.39, 0.29) is 31.1 Å². The summed E-state index contributed by atoms with van der Waals surface area (Å²) in [5.74, 6) is -0.920. The van der Waals surface area contributed by atoms with E-state index >= 15 is 0 Å². The molecule has 0 aromatic rings. The first-order valence-electron chi connectivity index (χ1n) is 23.9. The number of esters is 3. The normalized spacial score (nSPS) is 12.7. The van der Waals surface area contributed by atoms with Crippen LogP contribution in [0.15, 0.2) is 72.9 Å². The molecule has 6 nitrogen and oxygen atoms in total. The molecular formula is C52H88O6. The molecule has 58 heavy (non-hydrogen) atoms. The van der Waals surface area contributed by atoms with Crippen LogP contribution in [0.25, 0.3) is 0 Å². The molecule has 6 heteroatoms. The van der Waals surface area contributed by atoms with E-state index < -0.39 is 6.10 Å². The number of ether oxygens (including phenoxy) is 3. The average Bonchev–Trinajstić information content (AvgIpc) is 3.22. The van der Waals surface area contributed by atoms with Gasteiger partial charge in [-0.1, -0.05) is 190 Å². The minimum atomic E-state index is -0.781. The summed E-state index contributed by atoms with van der Waals surface area (Å²) in [4.78, 5) is 37.6. The third-order valence-corrected chi connectivity index (χ3v) is 9.93. The maximum Gasteiger partial charge on any atom is 0.306 e. The highest BCUT2D eigenvalue weighted by molar-refractivity contribution is 5.71. The standard InChI is InChI=1S/C52H88O6/c1-4-7-10-13-16-18-20-22-23-24-25-26-27-28-29-31-32-34-36-39-42-45-51(54)57-48-49(47-56-50(53)44-41-38-15-12-9-6-3)58-52(55)46-43-40-37-35-33-30-21-19-17-14-11-8-5-2/h7,10-11,14,16,18-19,21-23,25-26,49H,4-6,8-9,12-13,15,17,20,24,27-48H2,1-3H3/b10-7-,14-11-,18-16-,21-19-,23-22-,26-25-. The van der Waals surface area contributed by atoms with E-state index in [4.69, 9.17) is 14.2 Å². The van der Waals surface area contributed by atoms with Crippen LogP contribution in [-0.4, -0.2) is 37.2 Å². The molecule has 0 amide bonds. The van der Waals surface area contributed by atoms with Gasteiger partial charge in [-0.25, -0.2) is 0 Å². The highest BCUT2D eigenvalue weighted by atomic mass is 16.6. The van der Waals surface area contributed by atoms with Crippen molar-refractivity contribution in [2.75, 3.05) is 13.2 Å². The number of carbonyl (C=O) groups excluding carboxylic acids is 3. The molecule has 0 heterocycles.